The van der Waals surface area contributed by atoms with Crippen LogP contribution in [0.5, 0.6) is 0 Å². The van der Waals surface area contributed by atoms with Crippen molar-refractivity contribution in [2.75, 3.05) is 11.1 Å². The van der Waals surface area contributed by atoms with E-state index in [1.807, 2.05) is 50.2 Å². The number of para-hydroxylation sites is 1. The highest BCUT2D eigenvalue weighted by Crippen LogP contribution is 2.30. The van der Waals surface area contributed by atoms with Gasteiger partial charge in [0.05, 0.1) is 22.1 Å². The normalized spacial score (nSPS) is 10.3. The van der Waals surface area contributed by atoms with E-state index in [2.05, 4.69) is 5.32 Å². The monoisotopic (exact) mass is 246 g/mol. The minimum atomic E-state index is 0.691. The van der Waals surface area contributed by atoms with E-state index < -0.39 is 0 Å². The number of halogens is 1. The van der Waals surface area contributed by atoms with Gasteiger partial charge in [0.2, 0.25) is 0 Å². The first-order valence-corrected chi connectivity index (χ1v) is 5.84. The highest BCUT2D eigenvalue weighted by Gasteiger charge is 2.05. The zero-order valence-electron chi connectivity index (χ0n) is 9.92. The van der Waals surface area contributed by atoms with Crippen LogP contribution in [0.3, 0.4) is 0 Å². The fraction of sp³-hybridized carbons (Fsp3) is 0.143. The van der Waals surface area contributed by atoms with Crippen molar-refractivity contribution in [1.29, 1.82) is 0 Å². The summed E-state index contributed by atoms with van der Waals surface area (Å²) in [6.07, 6.45) is 0. The largest absolute Gasteiger partial charge is 0.397 e. The highest BCUT2D eigenvalue weighted by atomic mass is 35.5. The lowest BCUT2D eigenvalue weighted by molar-refractivity contribution is 1.42. The van der Waals surface area contributed by atoms with Gasteiger partial charge in [0.1, 0.15) is 0 Å². The van der Waals surface area contributed by atoms with Crippen molar-refractivity contribution < 1.29 is 0 Å². The Kier molecular flexibility index (Phi) is 3.25. The van der Waals surface area contributed by atoms with Gasteiger partial charge in [-0.3, -0.25) is 0 Å². The van der Waals surface area contributed by atoms with E-state index in [1.165, 1.54) is 0 Å². The molecule has 0 radical (unpaired) electrons. The number of hydrogen-bond acceptors (Lipinski definition) is 2. The summed E-state index contributed by atoms with van der Waals surface area (Å²) in [4.78, 5) is 0. The number of anilines is 3. The Morgan fingerprint density at radius 3 is 2.59 bits per heavy atom. The maximum atomic E-state index is 6.13. The Balaban J connectivity index is 2.38. The predicted octanol–water partition coefficient (Wildman–Crippen LogP) is 4.28. The molecule has 17 heavy (non-hydrogen) atoms. The average molecular weight is 247 g/mol. The number of aryl methyl sites for hydroxylation is 2. The molecule has 0 saturated heterocycles. The molecule has 88 valence electrons. The van der Waals surface area contributed by atoms with Crippen LogP contribution in [0.4, 0.5) is 17.1 Å². The van der Waals surface area contributed by atoms with Crippen LogP contribution >= 0.6 is 11.6 Å². The summed E-state index contributed by atoms with van der Waals surface area (Å²) in [5.74, 6) is 0. The van der Waals surface area contributed by atoms with E-state index in [0.29, 0.717) is 5.02 Å². The summed E-state index contributed by atoms with van der Waals surface area (Å²) >= 11 is 6.13. The molecular weight excluding hydrogens is 232 g/mol. The third-order valence-electron chi connectivity index (χ3n) is 2.72. The van der Waals surface area contributed by atoms with Gasteiger partial charge >= 0.3 is 0 Å². The Hall–Kier alpha value is -1.67. The van der Waals surface area contributed by atoms with Gasteiger partial charge in [-0.25, -0.2) is 0 Å². The molecule has 2 aromatic carbocycles. The first-order valence-electron chi connectivity index (χ1n) is 5.46. The van der Waals surface area contributed by atoms with Crippen molar-refractivity contribution in [3.63, 3.8) is 0 Å². The Morgan fingerprint density at radius 1 is 1.06 bits per heavy atom. The second kappa shape index (κ2) is 4.68. The van der Waals surface area contributed by atoms with Crippen molar-refractivity contribution in [2.45, 2.75) is 13.8 Å². The summed E-state index contributed by atoms with van der Waals surface area (Å²) in [5.41, 5.74) is 10.7. The molecule has 2 nitrogen and oxygen atoms in total. The van der Waals surface area contributed by atoms with Crippen LogP contribution in [0.1, 0.15) is 11.1 Å². The standard InChI is InChI=1S/C14H15ClN2/c1-9-6-7-11(15)13(8-9)17-12-5-3-4-10(2)14(12)16/h3-8,17H,16H2,1-2H3. The van der Waals surface area contributed by atoms with Crippen LogP contribution in [-0.4, -0.2) is 0 Å². The van der Waals surface area contributed by atoms with E-state index in [4.69, 9.17) is 17.3 Å². The zero-order valence-corrected chi connectivity index (χ0v) is 10.7. The van der Waals surface area contributed by atoms with Gasteiger partial charge in [-0.2, -0.15) is 0 Å². The van der Waals surface area contributed by atoms with Crippen LogP contribution in [0.15, 0.2) is 36.4 Å². The number of nitrogen functional groups attached to an aromatic ring is 1. The van der Waals surface area contributed by atoms with E-state index in [9.17, 15) is 0 Å². The number of nitrogens with two attached hydrogens (primary N) is 1. The lowest BCUT2D eigenvalue weighted by atomic mass is 10.1. The summed E-state index contributed by atoms with van der Waals surface area (Å²) in [5, 5.41) is 3.96. The average Bonchev–Trinajstić information content (AvgIpc) is 2.30. The molecule has 0 aromatic heterocycles. The molecule has 0 heterocycles. The molecule has 0 unspecified atom stereocenters. The quantitative estimate of drug-likeness (QED) is 0.776. The van der Waals surface area contributed by atoms with E-state index >= 15 is 0 Å². The maximum absolute atomic E-state index is 6.13. The van der Waals surface area contributed by atoms with E-state index in [1.54, 1.807) is 0 Å². The fourth-order valence-corrected chi connectivity index (χ4v) is 1.83. The van der Waals surface area contributed by atoms with Gasteiger partial charge in [-0.1, -0.05) is 29.8 Å². The van der Waals surface area contributed by atoms with E-state index in [0.717, 1.165) is 28.2 Å². The third kappa shape index (κ3) is 2.53. The number of nitrogens with one attached hydrogen (secondary N) is 1. The summed E-state index contributed by atoms with van der Waals surface area (Å²) < 4.78 is 0. The SMILES string of the molecule is Cc1ccc(Cl)c(Nc2cccc(C)c2N)c1. The topological polar surface area (TPSA) is 38.0 Å². The van der Waals surface area contributed by atoms with Crippen molar-refractivity contribution in [2.24, 2.45) is 0 Å². The molecule has 0 bridgehead atoms. The van der Waals surface area contributed by atoms with Gasteiger partial charge in [0, 0.05) is 0 Å². The number of benzene rings is 2. The molecule has 0 atom stereocenters. The minimum Gasteiger partial charge on any atom is -0.397 e. The van der Waals surface area contributed by atoms with Crippen molar-refractivity contribution in [1.82, 2.24) is 0 Å². The third-order valence-corrected chi connectivity index (χ3v) is 3.04. The van der Waals surface area contributed by atoms with Crippen LogP contribution in [0.2, 0.25) is 5.02 Å². The van der Waals surface area contributed by atoms with Crippen molar-refractivity contribution in [3.8, 4) is 0 Å². The maximum Gasteiger partial charge on any atom is 0.0641 e. The Morgan fingerprint density at radius 2 is 1.82 bits per heavy atom. The predicted molar refractivity (Wildman–Crippen MR) is 75.1 cm³/mol. The molecule has 0 aliphatic carbocycles. The van der Waals surface area contributed by atoms with Crippen LogP contribution in [0.25, 0.3) is 0 Å². The molecule has 2 rings (SSSR count). The highest BCUT2D eigenvalue weighted by molar-refractivity contribution is 6.33. The number of rotatable bonds is 2. The molecule has 0 spiro atoms. The van der Waals surface area contributed by atoms with Crippen molar-refractivity contribution >= 4 is 28.7 Å². The second-order valence-electron chi connectivity index (χ2n) is 4.14. The van der Waals surface area contributed by atoms with Crippen LogP contribution in [0, 0.1) is 13.8 Å². The molecular formula is C14H15ClN2. The molecule has 0 saturated carbocycles. The molecule has 0 aliphatic heterocycles. The molecule has 0 amide bonds. The summed E-state index contributed by atoms with van der Waals surface area (Å²) in [6, 6.07) is 11.8. The Bertz CT molecular complexity index is 550. The summed E-state index contributed by atoms with van der Waals surface area (Å²) in [7, 11) is 0. The lowest BCUT2D eigenvalue weighted by Crippen LogP contribution is -1.98. The van der Waals surface area contributed by atoms with Gasteiger partial charge in [-0.15, -0.1) is 0 Å². The number of hydrogen-bond donors (Lipinski definition) is 2. The first kappa shape index (κ1) is 11.8. The molecule has 2 aromatic rings. The first-order chi connectivity index (χ1) is 8.08. The Labute approximate surface area is 106 Å². The van der Waals surface area contributed by atoms with Crippen LogP contribution in [-0.2, 0) is 0 Å². The summed E-state index contributed by atoms with van der Waals surface area (Å²) in [6.45, 7) is 4.01. The smallest absolute Gasteiger partial charge is 0.0641 e. The van der Waals surface area contributed by atoms with Gasteiger partial charge in [0.15, 0.2) is 0 Å². The van der Waals surface area contributed by atoms with Crippen LogP contribution < -0.4 is 11.1 Å². The zero-order chi connectivity index (χ0) is 12.4. The lowest BCUT2D eigenvalue weighted by Gasteiger charge is -2.12. The minimum absolute atomic E-state index is 0.691. The second-order valence-corrected chi connectivity index (χ2v) is 4.55. The van der Waals surface area contributed by atoms with Gasteiger partial charge in [-0.05, 0) is 43.2 Å². The van der Waals surface area contributed by atoms with Gasteiger partial charge in [0.25, 0.3) is 0 Å². The molecule has 0 aliphatic rings. The fourth-order valence-electron chi connectivity index (χ4n) is 1.67. The molecule has 3 heteroatoms. The van der Waals surface area contributed by atoms with Gasteiger partial charge < -0.3 is 11.1 Å². The van der Waals surface area contributed by atoms with Crippen molar-refractivity contribution in [3.05, 3.63) is 52.5 Å². The van der Waals surface area contributed by atoms with E-state index in [-0.39, 0.29) is 0 Å². The molecule has 0 fully saturated rings. The molecule has 3 N–H and O–H groups in total.